The highest BCUT2D eigenvalue weighted by Crippen LogP contribution is 2.20. The summed E-state index contributed by atoms with van der Waals surface area (Å²) in [4.78, 5) is 6.94. The molecule has 0 amide bonds. The van der Waals surface area contributed by atoms with Crippen molar-refractivity contribution in [3.8, 4) is 5.75 Å². The van der Waals surface area contributed by atoms with Crippen LogP contribution in [-0.4, -0.2) is 39.5 Å². The fraction of sp³-hybridized carbons (Fsp3) is 0.462. The van der Waals surface area contributed by atoms with E-state index in [4.69, 9.17) is 0 Å². The van der Waals surface area contributed by atoms with Gasteiger partial charge >= 0.3 is 0 Å². The lowest BCUT2D eigenvalue weighted by atomic mass is 10.0. The van der Waals surface area contributed by atoms with E-state index < -0.39 is 0 Å². The zero-order chi connectivity index (χ0) is 11.8. The van der Waals surface area contributed by atoms with Crippen LogP contribution in [0.25, 0.3) is 5.65 Å². The molecule has 4 nitrogen and oxygen atoms in total. The van der Waals surface area contributed by atoms with Crippen LogP contribution < -0.4 is 0 Å². The van der Waals surface area contributed by atoms with Crippen molar-refractivity contribution in [2.75, 3.05) is 20.1 Å². The van der Waals surface area contributed by atoms with Crippen LogP contribution in [0.1, 0.15) is 12.1 Å². The quantitative estimate of drug-likeness (QED) is 0.852. The van der Waals surface area contributed by atoms with Crippen LogP contribution in [0.5, 0.6) is 5.75 Å². The summed E-state index contributed by atoms with van der Waals surface area (Å²) in [7, 11) is 2.17. The van der Waals surface area contributed by atoms with Gasteiger partial charge in [0.2, 0.25) is 0 Å². The molecular weight excluding hydrogens is 214 g/mol. The zero-order valence-electron chi connectivity index (χ0n) is 10.0. The lowest BCUT2D eigenvalue weighted by Gasteiger charge is -2.07. The van der Waals surface area contributed by atoms with Crippen LogP contribution in [-0.2, 0) is 6.42 Å². The Kier molecular flexibility index (Phi) is 2.52. The Hall–Kier alpha value is -1.55. The summed E-state index contributed by atoms with van der Waals surface area (Å²) in [6.45, 7) is 2.36. The summed E-state index contributed by atoms with van der Waals surface area (Å²) in [5.74, 6) is 1.00. The molecule has 0 spiro atoms. The second kappa shape index (κ2) is 4.04. The van der Waals surface area contributed by atoms with Crippen molar-refractivity contribution in [2.45, 2.75) is 12.8 Å². The lowest BCUT2D eigenvalue weighted by molar-refractivity contribution is 0.394. The number of imidazole rings is 1. The first-order valence-electron chi connectivity index (χ1n) is 6.06. The van der Waals surface area contributed by atoms with Crippen molar-refractivity contribution in [3.63, 3.8) is 0 Å². The fourth-order valence-corrected chi connectivity index (χ4v) is 2.62. The highest BCUT2D eigenvalue weighted by Gasteiger charge is 2.20. The molecule has 1 saturated heterocycles. The minimum Gasteiger partial charge on any atom is -0.506 e. The summed E-state index contributed by atoms with van der Waals surface area (Å²) < 4.78 is 1.89. The highest BCUT2D eigenvalue weighted by atomic mass is 16.3. The van der Waals surface area contributed by atoms with Crippen LogP contribution in [0.15, 0.2) is 24.5 Å². The molecule has 17 heavy (non-hydrogen) atoms. The first-order valence-corrected chi connectivity index (χ1v) is 6.06. The summed E-state index contributed by atoms with van der Waals surface area (Å²) in [6, 6.07) is 3.52. The molecule has 0 saturated carbocycles. The predicted octanol–water partition coefficient (Wildman–Crippen LogP) is 1.53. The van der Waals surface area contributed by atoms with Crippen LogP contribution in [0.2, 0.25) is 0 Å². The molecule has 2 aromatic rings. The number of likely N-dealkylation sites (tertiary alicyclic amines) is 1. The van der Waals surface area contributed by atoms with Gasteiger partial charge in [0.25, 0.3) is 0 Å². The zero-order valence-corrected chi connectivity index (χ0v) is 10.0. The number of nitrogens with zero attached hydrogens (tertiary/aromatic N) is 3. The van der Waals surface area contributed by atoms with E-state index in [-0.39, 0.29) is 5.75 Å². The molecule has 2 aromatic heterocycles. The summed E-state index contributed by atoms with van der Waals surface area (Å²) in [5, 5.41) is 9.40. The van der Waals surface area contributed by atoms with Crippen molar-refractivity contribution in [3.05, 3.63) is 30.2 Å². The molecule has 1 fully saturated rings. The van der Waals surface area contributed by atoms with Gasteiger partial charge in [-0.05, 0) is 44.5 Å². The van der Waals surface area contributed by atoms with E-state index >= 15 is 0 Å². The van der Waals surface area contributed by atoms with Crippen molar-refractivity contribution in [1.29, 1.82) is 0 Å². The Morgan fingerprint density at radius 1 is 1.41 bits per heavy atom. The van der Waals surface area contributed by atoms with Crippen molar-refractivity contribution >= 4 is 5.65 Å². The number of aromatic nitrogens is 2. The first kappa shape index (κ1) is 10.6. The predicted molar refractivity (Wildman–Crippen MR) is 66.2 cm³/mol. The molecule has 1 atom stereocenters. The molecular formula is C13H17N3O. The number of aromatic hydroxyl groups is 1. The van der Waals surface area contributed by atoms with Crippen molar-refractivity contribution in [1.82, 2.24) is 14.3 Å². The van der Waals surface area contributed by atoms with Gasteiger partial charge < -0.3 is 14.4 Å². The molecule has 0 aromatic carbocycles. The minimum atomic E-state index is 0.280. The van der Waals surface area contributed by atoms with E-state index in [0.717, 1.165) is 23.7 Å². The van der Waals surface area contributed by atoms with Crippen LogP contribution in [0, 0.1) is 5.92 Å². The van der Waals surface area contributed by atoms with Crippen LogP contribution in [0.4, 0.5) is 0 Å². The Balaban J connectivity index is 1.81. The Morgan fingerprint density at radius 3 is 3.06 bits per heavy atom. The normalized spacial score (nSPS) is 21.4. The number of fused-ring (bicyclic) bond motifs is 1. The van der Waals surface area contributed by atoms with E-state index in [9.17, 15) is 5.11 Å². The molecule has 3 heterocycles. The summed E-state index contributed by atoms with van der Waals surface area (Å²) in [5.41, 5.74) is 2.03. The van der Waals surface area contributed by atoms with Gasteiger partial charge in [-0.1, -0.05) is 0 Å². The molecule has 0 aliphatic carbocycles. The third-order valence-electron chi connectivity index (χ3n) is 3.47. The van der Waals surface area contributed by atoms with E-state index in [1.807, 2.05) is 16.7 Å². The Bertz CT molecular complexity index is 534. The van der Waals surface area contributed by atoms with Gasteiger partial charge in [-0.2, -0.15) is 0 Å². The van der Waals surface area contributed by atoms with Crippen molar-refractivity contribution in [2.24, 2.45) is 5.92 Å². The SMILES string of the molecule is CN1CCC(Cc2cn3cc(O)ccc3n2)C1. The average Bonchev–Trinajstić information content (AvgIpc) is 2.84. The lowest BCUT2D eigenvalue weighted by Crippen LogP contribution is -2.15. The summed E-state index contributed by atoms with van der Waals surface area (Å²) in [6.07, 6.45) is 6.02. The second-order valence-electron chi connectivity index (χ2n) is 5.01. The standard InChI is InChI=1S/C13H17N3O/c1-15-5-4-10(7-15)6-11-8-16-9-12(17)2-3-13(16)14-11/h2-3,8-10,17H,4-7H2,1H3. The van der Waals surface area contributed by atoms with Gasteiger partial charge in [-0.15, -0.1) is 0 Å². The first-order chi connectivity index (χ1) is 8.20. The number of hydrogen-bond donors (Lipinski definition) is 1. The van der Waals surface area contributed by atoms with Gasteiger partial charge in [0, 0.05) is 12.7 Å². The molecule has 1 N–H and O–H groups in total. The van der Waals surface area contributed by atoms with E-state index in [0.29, 0.717) is 0 Å². The topological polar surface area (TPSA) is 40.8 Å². The largest absolute Gasteiger partial charge is 0.506 e. The molecule has 0 radical (unpaired) electrons. The van der Waals surface area contributed by atoms with Gasteiger partial charge in [0.05, 0.1) is 11.9 Å². The monoisotopic (exact) mass is 231 g/mol. The third kappa shape index (κ3) is 2.13. The maximum Gasteiger partial charge on any atom is 0.137 e. The van der Waals surface area contributed by atoms with Gasteiger partial charge in [0.1, 0.15) is 11.4 Å². The number of pyridine rings is 1. The van der Waals surface area contributed by atoms with E-state index in [2.05, 4.69) is 16.9 Å². The molecule has 1 aliphatic heterocycles. The fourth-order valence-electron chi connectivity index (χ4n) is 2.62. The summed E-state index contributed by atoms with van der Waals surface area (Å²) >= 11 is 0. The van der Waals surface area contributed by atoms with E-state index in [1.165, 1.54) is 19.5 Å². The highest BCUT2D eigenvalue weighted by molar-refractivity contribution is 5.42. The maximum atomic E-state index is 9.40. The van der Waals surface area contributed by atoms with Gasteiger partial charge in [0.15, 0.2) is 0 Å². The number of hydrogen-bond acceptors (Lipinski definition) is 3. The Labute approximate surface area is 101 Å². The smallest absolute Gasteiger partial charge is 0.137 e. The van der Waals surface area contributed by atoms with Crippen LogP contribution in [0.3, 0.4) is 0 Å². The minimum absolute atomic E-state index is 0.280. The number of rotatable bonds is 2. The van der Waals surface area contributed by atoms with Crippen molar-refractivity contribution < 1.29 is 5.11 Å². The third-order valence-corrected chi connectivity index (χ3v) is 3.47. The molecule has 1 unspecified atom stereocenters. The maximum absolute atomic E-state index is 9.40. The van der Waals surface area contributed by atoms with Crippen LogP contribution >= 0.6 is 0 Å². The Morgan fingerprint density at radius 2 is 2.29 bits per heavy atom. The van der Waals surface area contributed by atoms with Gasteiger partial charge in [-0.25, -0.2) is 4.98 Å². The van der Waals surface area contributed by atoms with E-state index in [1.54, 1.807) is 12.3 Å². The molecule has 4 heteroatoms. The molecule has 1 aliphatic rings. The second-order valence-corrected chi connectivity index (χ2v) is 5.01. The van der Waals surface area contributed by atoms with Gasteiger partial charge in [-0.3, -0.25) is 0 Å². The average molecular weight is 231 g/mol. The molecule has 0 bridgehead atoms. The molecule has 3 rings (SSSR count). The molecule has 90 valence electrons.